The van der Waals surface area contributed by atoms with Crippen LogP contribution in [0.25, 0.3) is 0 Å². The Bertz CT molecular complexity index is 941. The molecule has 152 valence electrons. The third kappa shape index (κ3) is 5.17. The summed E-state index contributed by atoms with van der Waals surface area (Å²) < 4.78 is 40.9. The van der Waals surface area contributed by atoms with Crippen LogP contribution in [0.4, 0.5) is 18.9 Å². The number of piperazine rings is 1. The Labute approximate surface area is 168 Å². The van der Waals surface area contributed by atoms with E-state index in [1.54, 1.807) is 18.2 Å². The van der Waals surface area contributed by atoms with Gasteiger partial charge < -0.3 is 10.6 Å². The lowest BCUT2D eigenvalue weighted by atomic mass is 10.0. The second kappa shape index (κ2) is 8.68. The molecule has 0 saturated carbocycles. The maximum absolute atomic E-state index is 13.6. The van der Waals surface area contributed by atoms with E-state index in [9.17, 15) is 18.0 Å². The normalized spacial score (nSPS) is 15.0. The minimum absolute atomic E-state index is 0.0919. The van der Waals surface area contributed by atoms with Crippen LogP contribution in [0.3, 0.4) is 0 Å². The largest absolute Gasteiger partial charge is 0.416 e. The van der Waals surface area contributed by atoms with Gasteiger partial charge in [0.1, 0.15) is 0 Å². The Balaban J connectivity index is 1.82. The maximum atomic E-state index is 13.6. The number of halogens is 3. The van der Waals surface area contributed by atoms with E-state index in [0.717, 1.165) is 24.7 Å². The number of nitrogens with one attached hydrogen (secondary N) is 2. The monoisotopic (exact) mass is 401 g/mol. The van der Waals surface area contributed by atoms with Gasteiger partial charge in [0, 0.05) is 49.5 Å². The highest BCUT2D eigenvalue weighted by molar-refractivity contribution is 6.04. The van der Waals surface area contributed by atoms with Crippen LogP contribution >= 0.6 is 0 Å². The van der Waals surface area contributed by atoms with Gasteiger partial charge in [-0.3, -0.25) is 9.69 Å². The zero-order valence-electron chi connectivity index (χ0n) is 16.1. The Morgan fingerprint density at radius 3 is 2.59 bits per heavy atom. The number of hydrogen-bond donors (Lipinski definition) is 2. The molecule has 2 N–H and O–H groups in total. The number of nitrogens with zero attached hydrogens (tertiary/aromatic N) is 1. The standard InChI is InChI=1S/C22H22F3N3O/c1-3-16-12-17(5-4-15(16)2)21(29)27-19-7-6-18(20(13-19)22(23,24)25)14-28-10-8-26-9-11-28/h1,4-7,12-13,26H,8-11,14H2,2H3,(H,27,29). The van der Waals surface area contributed by atoms with Crippen molar-refractivity contribution < 1.29 is 18.0 Å². The van der Waals surface area contributed by atoms with Gasteiger partial charge in [-0.25, -0.2) is 0 Å². The highest BCUT2D eigenvalue weighted by atomic mass is 19.4. The molecule has 0 spiro atoms. The smallest absolute Gasteiger partial charge is 0.322 e. The van der Waals surface area contributed by atoms with Gasteiger partial charge in [0.05, 0.1) is 5.56 Å². The highest BCUT2D eigenvalue weighted by Gasteiger charge is 2.34. The summed E-state index contributed by atoms with van der Waals surface area (Å²) in [6, 6.07) is 8.78. The molecule has 4 nitrogen and oxygen atoms in total. The van der Waals surface area contributed by atoms with Gasteiger partial charge in [-0.2, -0.15) is 13.2 Å². The Kier molecular flexibility index (Phi) is 6.26. The molecular weight excluding hydrogens is 379 g/mol. The molecule has 7 heteroatoms. The van der Waals surface area contributed by atoms with Gasteiger partial charge >= 0.3 is 6.18 Å². The molecule has 0 bridgehead atoms. The molecule has 1 aliphatic heterocycles. The topological polar surface area (TPSA) is 44.4 Å². The number of carbonyl (C=O) groups is 1. The first-order chi connectivity index (χ1) is 13.8. The fourth-order valence-electron chi connectivity index (χ4n) is 3.29. The van der Waals surface area contributed by atoms with E-state index in [-0.39, 0.29) is 17.8 Å². The fourth-order valence-corrected chi connectivity index (χ4v) is 3.29. The number of carbonyl (C=O) groups excluding carboxylic acids is 1. The van der Waals surface area contributed by atoms with Crippen molar-refractivity contribution >= 4 is 11.6 Å². The summed E-state index contributed by atoms with van der Waals surface area (Å²) >= 11 is 0. The Morgan fingerprint density at radius 1 is 1.21 bits per heavy atom. The molecule has 29 heavy (non-hydrogen) atoms. The fraction of sp³-hybridized carbons (Fsp3) is 0.318. The van der Waals surface area contributed by atoms with Crippen molar-refractivity contribution in [3.8, 4) is 12.3 Å². The zero-order valence-corrected chi connectivity index (χ0v) is 16.1. The number of hydrogen-bond acceptors (Lipinski definition) is 3. The summed E-state index contributed by atoms with van der Waals surface area (Å²) in [4.78, 5) is 14.5. The van der Waals surface area contributed by atoms with Crippen LogP contribution in [0.2, 0.25) is 0 Å². The molecule has 1 aliphatic rings. The third-order valence-corrected chi connectivity index (χ3v) is 4.93. The predicted octanol–water partition coefficient (Wildman–Crippen LogP) is 3.65. The number of alkyl halides is 3. The van der Waals surface area contributed by atoms with Gasteiger partial charge in [-0.15, -0.1) is 6.42 Å². The molecule has 0 unspecified atom stereocenters. The molecular formula is C22H22F3N3O. The molecule has 0 aliphatic carbocycles. The van der Waals surface area contributed by atoms with E-state index < -0.39 is 17.6 Å². The molecule has 2 aromatic carbocycles. The first-order valence-electron chi connectivity index (χ1n) is 9.30. The quantitative estimate of drug-likeness (QED) is 0.769. The summed E-state index contributed by atoms with van der Waals surface area (Å²) in [7, 11) is 0. The van der Waals surface area contributed by atoms with E-state index in [0.29, 0.717) is 24.2 Å². The van der Waals surface area contributed by atoms with Crippen molar-refractivity contribution in [2.75, 3.05) is 31.5 Å². The van der Waals surface area contributed by atoms with Crippen LogP contribution < -0.4 is 10.6 Å². The first-order valence-corrected chi connectivity index (χ1v) is 9.30. The molecule has 3 rings (SSSR count). The lowest BCUT2D eigenvalue weighted by Crippen LogP contribution is -2.43. The summed E-state index contributed by atoms with van der Waals surface area (Å²) in [6.07, 6.45) is 0.910. The first kappa shape index (κ1) is 20.9. The van der Waals surface area contributed by atoms with Crippen LogP contribution in [0.15, 0.2) is 36.4 Å². The number of terminal acetylenes is 1. The van der Waals surface area contributed by atoms with E-state index in [1.165, 1.54) is 12.1 Å². The molecule has 0 atom stereocenters. The third-order valence-electron chi connectivity index (χ3n) is 4.93. The van der Waals surface area contributed by atoms with Crippen LogP contribution in [-0.4, -0.2) is 37.0 Å². The zero-order chi connectivity index (χ0) is 21.0. The van der Waals surface area contributed by atoms with Crippen molar-refractivity contribution in [3.63, 3.8) is 0 Å². The number of amides is 1. The highest BCUT2D eigenvalue weighted by Crippen LogP contribution is 2.34. The van der Waals surface area contributed by atoms with E-state index in [2.05, 4.69) is 16.6 Å². The summed E-state index contributed by atoms with van der Waals surface area (Å²) in [6.45, 7) is 4.94. The number of benzene rings is 2. The lowest BCUT2D eigenvalue weighted by molar-refractivity contribution is -0.138. The van der Waals surface area contributed by atoms with E-state index in [4.69, 9.17) is 6.42 Å². The average molecular weight is 401 g/mol. The minimum atomic E-state index is -4.51. The van der Waals surface area contributed by atoms with Gasteiger partial charge in [0.2, 0.25) is 0 Å². The minimum Gasteiger partial charge on any atom is -0.322 e. The summed E-state index contributed by atoms with van der Waals surface area (Å²) in [5, 5.41) is 5.72. The number of aryl methyl sites for hydroxylation is 1. The van der Waals surface area contributed by atoms with Gasteiger partial charge in [-0.05, 0) is 42.3 Å². The SMILES string of the molecule is C#Cc1cc(C(=O)Nc2ccc(CN3CCNCC3)c(C(F)(F)F)c2)ccc1C. The van der Waals surface area contributed by atoms with Crippen molar-refractivity contribution in [2.45, 2.75) is 19.6 Å². The van der Waals surface area contributed by atoms with Crippen LogP contribution in [0.1, 0.15) is 32.6 Å². The predicted molar refractivity (Wildman–Crippen MR) is 107 cm³/mol. The Morgan fingerprint density at radius 2 is 1.93 bits per heavy atom. The average Bonchev–Trinajstić information content (AvgIpc) is 2.69. The molecule has 0 aromatic heterocycles. The van der Waals surface area contributed by atoms with Crippen LogP contribution in [0.5, 0.6) is 0 Å². The van der Waals surface area contributed by atoms with Crippen molar-refractivity contribution in [2.24, 2.45) is 0 Å². The van der Waals surface area contributed by atoms with Gasteiger partial charge in [-0.1, -0.05) is 18.1 Å². The number of rotatable bonds is 4. The van der Waals surface area contributed by atoms with Crippen LogP contribution in [0, 0.1) is 19.3 Å². The number of anilines is 1. The molecule has 1 fully saturated rings. The molecule has 0 radical (unpaired) electrons. The molecule has 2 aromatic rings. The maximum Gasteiger partial charge on any atom is 0.416 e. The lowest BCUT2D eigenvalue weighted by Gasteiger charge is -2.28. The van der Waals surface area contributed by atoms with E-state index in [1.807, 2.05) is 11.8 Å². The molecule has 1 amide bonds. The molecule has 1 heterocycles. The summed E-state index contributed by atoms with van der Waals surface area (Å²) in [5.41, 5.74) is 1.27. The second-order valence-electron chi connectivity index (χ2n) is 7.02. The van der Waals surface area contributed by atoms with Gasteiger partial charge in [0.25, 0.3) is 5.91 Å². The van der Waals surface area contributed by atoms with Gasteiger partial charge in [0.15, 0.2) is 0 Å². The van der Waals surface area contributed by atoms with E-state index >= 15 is 0 Å². The van der Waals surface area contributed by atoms with Crippen molar-refractivity contribution in [1.29, 1.82) is 0 Å². The molecule has 1 saturated heterocycles. The van der Waals surface area contributed by atoms with Crippen LogP contribution in [-0.2, 0) is 12.7 Å². The Hall–Kier alpha value is -2.82. The van der Waals surface area contributed by atoms with Crippen molar-refractivity contribution in [1.82, 2.24) is 10.2 Å². The van der Waals surface area contributed by atoms with Crippen molar-refractivity contribution in [3.05, 3.63) is 64.2 Å². The summed E-state index contributed by atoms with van der Waals surface area (Å²) in [5.74, 6) is 1.98. The second-order valence-corrected chi connectivity index (χ2v) is 7.02.